The number of nitrogens with zero attached hydrogens (tertiary/aromatic N) is 2. The van der Waals surface area contributed by atoms with Gasteiger partial charge in [0, 0.05) is 19.0 Å². The van der Waals surface area contributed by atoms with Crippen molar-refractivity contribution in [3.05, 3.63) is 22.6 Å². The van der Waals surface area contributed by atoms with Gasteiger partial charge in [-0.3, -0.25) is 9.59 Å². The molecule has 1 aromatic carbocycles. The smallest absolute Gasteiger partial charge is 0.305 e. The van der Waals surface area contributed by atoms with Gasteiger partial charge in [-0.2, -0.15) is 0 Å². The standard InChI is InChI=1S/C22H32N2O7/c1-3-30-21(26)10-5-4-8-12-31-20-14-18(23-28)17(13-19(20)29-2)22(27)24-11-7-6-9-16(24)15-25/h13-14,16,25H,3-12,15H2,1-2H3. The average molecular weight is 437 g/mol. The molecule has 1 amide bonds. The quantitative estimate of drug-likeness (QED) is 0.302. The fraction of sp³-hybridized carbons (Fsp3) is 0.636. The molecule has 0 aromatic heterocycles. The minimum atomic E-state index is -0.350. The van der Waals surface area contributed by atoms with Gasteiger partial charge >= 0.3 is 5.97 Å². The van der Waals surface area contributed by atoms with Crippen LogP contribution in [0.25, 0.3) is 0 Å². The molecule has 1 saturated heterocycles. The number of nitroso groups, excluding NO2 is 1. The van der Waals surface area contributed by atoms with Crippen LogP contribution in [0.2, 0.25) is 0 Å². The second-order valence-corrected chi connectivity index (χ2v) is 7.41. The van der Waals surface area contributed by atoms with Gasteiger partial charge in [-0.05, 0) is 56.7 Å². The minimum absolute atomic E-state index is 0.0228. The normalized spacial score (nSPS) is 16.0. The summed E-state index contributed by atoms with van der Waals surface area (Å²) in [5.41, 5.74) is 0.111. The number of hydrogen-bond donors (Lipinski definition) is 1. The topological polar surface area (TPSA) is 115 Å². The number of esters is 1. The molecular formula is C22H32N2O7. The van der Waals surface area contributed by atoms with E-state index >= 15 is 0 Å². The third-order valence-electron chi connectivity index (χ3n) is 5.30. The number of methoxy groups -OCH3 is 1. The van der Waals surface area contributed by atoms with Gasteiger partial charge in [-0.15, -0.1) is 4.91 Å². The van der Waals surface area contributed by atoms with E-state index in [4.69, 9.17) is 14.2 Å². The molecule has 0 aliphatic carbocycles. The number of aliphatic hydroxyl groups is 1. The van der Waals surface area contributed by atoms with E-state index in [9.17, 15) is 19.6 Å². The number of aliphatic hydroxyl groups excluding tert-OH is 1. The molecule has 1 aliphatic rings. The Morgan fingerprint density at radius 1 is 1.19 bits per heavy atom. The Morgan fingerprint density at radius 3 is 2.68 bits per heavy atom. The maximum Gasteiger partial charge on any atom is 0.305 e. The van der Waals surface area contributed by atoms with E-state index in [0.717, 1.165) is 25.7 Å². The summed E-state index contributed by atoms with van der Waals surface area (Å²) in [4.78, 5) is 37.4. The number of piperidine rings is 1. The van der Waals surface area contributed by atoms with Gasteiger partial charge in [0.1, 0.15) is 5.69 Å². The molecule has 1 fully saturated rings. The lowest BCUT2D eigenvalue weighted by Crippen LogP contribution is -2.45. The number of hydrogen-bond acceptors (Lipinski definition) is 8. The van der Waals surface area contributed by atoms with Crippen molar-refractivity contribution >= 4 is 17.6 Å². The third-order valence-corrected chi connectivity index (χ3v) is 5.30. The highest BCUT2D eigenvalue weighted by Gasteiger charge is 2.29. The molecule has 0 spiro atoms. The fourth-order valence-electron chi connectivity index (χ4n) is 3.64. The summed E-state index contributed by atoms with van der Waals surface area (Å²) >= 11 is 0. The zero-order chi connectivity index (χ0) is 22.6. The van der Waals surface area contributed by atoms with E-state index < -0.39 is 0 Å². The van der Waals surface area contributed by atoms with Crippen LogP contribution in [-0.2, 0) is 9.53 Å². The van der Waals surface area contributed by atoms with Crippen LogP contribution in [0.15, 0.2) is 17.3 Å². The van der Waals surface area contributed by atoms with E-state index in [1.807, 2.05) is 0 Å². The first-order valence-electron chi connectivity index (χ1n) is 10.8. The molecule has 31 heavy (non-hydrogen) atoms. The molecule has 0 bridgehead atoms. The highest BCUT2D eigenvalue weighted by molar-refractivity contribution is 6.00. The molecule has 1 aliphatic heterocycles. The molecule has 1 unspecified atom stereocenters. The second-order valence-electron chi connectivity index (χ2n) is 7.41. The van der Waals surface area contributed by atoms with E-state index in [2.05, 4.69) is 5.18 Å². The number of carbonyl (C=O) groups is 2. The van der Waals surface area contributed by atoms with Crippen LogP contribution in [0, 0.1) is 4.91 Å². The highest BCUT2D eigenvalue weighted by atomic mass is 16.5. The first kappa shape index (κ1) is 24.6. The maximum atomic E-state index is 13.0. The molecule has 172 valence electrons. The molecule has 2 rings (SSSR count). The predicted octanol–water partition coefficient (Wildman–Crippen LogP) is 3.58. The molecule has 1 heterocycles. The lowest BCUT2D eigenvalue weighted by Gasteiger charge is -2.34. The van der Waals surface area contributed by atoms with Crippen molar-refractivity contribution in [2.24, 2.45) is 5.18 Å². The van der Waals surface area contributed by atoms with Crippen LogP contribution in [0.4, 0.5) is 5.69 Å². The van der Waals surface area contributed by atoms with Crippen LogP contribution < -0.4 is 9.47 Å². The number of amides is 1. The Morgan fingerprint density at radius 2 is 2.00 bits per heavy atom. The van der Waals surface area contributed by atoms with E-state index in [1.165, 1.54) is 19.2 Å². The molecule has 1 N–H and O–H groups in total. The lowest BCUT2D eigenvalue weighted by molar-refractivity contribution is -0.143. The molecule has 1 aromatic rings. The van der Waals surface area contributed by atoms with Crippen molar-refractivity contribution in [1.29, 1.82) is 0 Å². The SMILES string of the molecule is CCOC(=O)CCCCCOc1cc(N=O)c(C(=O)N2CCCCC2CO)cc1OC. The van der Waals surface area contributed by atoms with Crippen molar-refractivity contribution in [2.45, 2.75) is 57.9 Å². The first-order valence-corrected chi connectivity index (χ1v) is 10.8. The van der Waals surface area contributed by atoms with Crippen LogP contribution in [-0.4, -0.2) is 61.4 Å². The summed E-state index contributed by atoms with van der Waals surface area (Å²) in [7, 11) is 1.46. The van der Waals surface area contributed by atoms with Gasteiger partial charge < -0.3 is 24.2 Å². The monoisotopic (exact) mass is 436 g/mol. The predicted molar refractivity (Wildman–Crippen MR) is 115 cm³/mol. The van der Waals surface area contributed by atoms with Crippen LogP contribution in [0.5, 0.6) is 11.5 Å². The van der Waals surface area contributed by atoms with Gasteiger partial charge in [-0.1, -0.05) is 0 Å². The number of rotatable bonds is 12. The first-order chi connectivity index (χ1) is 15.0. The number of unbranched alkanes of at least 4 members (excludes halogenated alkanes) is 2. The molecule has 0 radical (unpaired) electrons. The average Bonchev–Trinajstić information content (AvgIpc) is 2.80. The summed E-state index contributed by atoms with van der Waals surface area (Å²) in [5, 5.41) is 12.6. The van der Waals surface area contributed by atoms with Crippen LogP contribution in [0.3, 0.4) is 0 Å². The second kappa shape index (κ2) is 12.9. The number of likely N-dealkylation sites (tertiary alicyclic amines) is 1. The van der Waals surface area contributed by atoms with Crippen LogP contribution in [0.1, 0.15) is 62.2 Å². The van der Waals surface area contributed by atoms with Crippen molar-refractivity contribution in [3.8, 4) is 11.5 Å². The van der Waals surface area contributed by atoms with Gasteiger partial charge in [0.15, 0.2) is 11.5 Å². The zero-order valence-corrected chi connectivity index (χ0v) is 18.3. The van der Waals surface area contributed by atoms with E-state index in [0.29, 0.717) is 50.5 Å². The summed E-state index contributed by atoms with van der Waals surface area (Å²) in [6, 6.07) is 2.62. The van der Waals surface area contributed by atoms with Crippen molar-refractivity contribution in [1.82, 2.24) is 4.90 Å². The molecule has 0 saturated carbocycles. The zero-order valence-electron chi connectivity index (χ0n) is 18.3. The number of carbonyl (C=O) groups excluding carboxylic acids is 2. The number of ether oxygens (including phenoxy) is 3. The van der Waals surface area contributed by atoms with E-state index in [-0.39, 0.29) is 35.8 Å². The Kier molecular flexibility index (Phi) is 10.2. The van der Waals surface area contributed by atoms with Gasteiger partial charge in [0.05, 0.1) is 38.5 Å². The van der Waals surface area contributed by atoms with Crippen molar-refractivity contribution in [2.75, 3.05) is 33.5 Å². The summed E-state index contributed by atoms with van der Waals surface area (Å²) in [5.74, 6) is 0.109. The highest BCUT2D eigenvalue weighted by Crippen LogP contribution is 2.36. The molecule has 9 heteroatoms. The Labute approximate surface area is 182 Å². The Bertz CT molecular complexity index is 754. The van der Waals surface area contributed by atoms with Gasteiger partial charge in [-0.25, -0.2) is 0 Å². The third kappa shape index (κ3) is 6.92. The minimum Gasteiger partial charge on any atom is -0.493 e. The van der Waals surface area contributed by atoms with Crippen LogP contribution >= 0.6 is 0 Å². The lowest BCUT2D eigenvalue weighted by atomic mass is 10.0. The van der Waals surface area contributed by atoms with E-state index in [1.54, 1.807) is 11.8 Å². The molecular weight excluding hydrogens is 404 g/mol. The molecule has 1 atom stereocenters. The maximum absolute atomic E-state index is 13.0. The summed E-state index contributed by atoms with van der Waals surface area (Å²) in [6.45, 7) is 2.92. The Hall–Kier alpha value is -2.68. The largest absolute Gasteiger partial charge is 0.493 e. The van der Waals surface area contributed by atoms with Crippen molar-refractivity contribution in [3.63, 3.8) is 0 Å². The summed E-state index contributed by atoms with van der Waals surface area (Å²) in [6.07, 6.45) is 5.09. The summed E-state index contributed by atoms with van der Waals surface area (Å²) < 4.78 is 16.0. The molecule has 9 nitrogen and oxygen atoms in total. The van der Waals surface area contributed by atoms with Gasteiger partial charge in [0.25, 0.3) is 5.91 Å². The number of benzene rings is 1. The van der Waals surface area contributed by atoms with Crippen molar-refractivity contribution < 1.29 is 28.9 Å². The fourth-order valence-corrected chi connectivity index (χ4v) is 3.64. The van der Waals surface area contributed by atoms with Gasteiger partial charge in [0.2, 0.25) is 0 Å². The Balaban J connectivity index is 2.02.